The zero-order valence-corrected chi connectivity index (χ0v) is 29.4. The van der Waals surface area contributed by atoms with E-state index in [1.54, 1.807) is 0 Å². The van der Waals surface area contributed by atoms with Crippen molar-refractivity contribution in [2.45, 2.75) is 0 Å². The largest absolute Gasteiger partial charge is 0.309 e. The Bertz CT molecular complexity index is 2890. The Morgan fingerprint density at radius 2 is 0.593 bits per heavy atom. The van der Waals surface area contributed by atoms with Crippen LogP contribution < -0.4 is 9.80 Å². The van der Waals surface area contributed by atoms with E-state index in [0.717, 1.165) is 11.4 Å². The van der Waals surface area contributed by atoms with Gasteiger partial charge in [0.05, 0.1) is 22.7 Å². The Morgan fingerprint density at radius 3 is 1.07 bits per heavy atom. The van der Waals surface area contributed by atoms with Gasteiger partial charge in [-0.05, 0) is 104 Å². The molecule has 2 heteroatoms. The minimum Gasteiger partial charge on any atom is -0.309 e. The van der Waals surface area contributed by atoms with Gasteiger partial charge in [-0.1, -0.05) is 146 Å². The first-order valence-electron chi connectivity index (χ1n) is 18.7. The second-order valence-electron chi connectivity index (χ2n) is 14.5. The second-order valence-corrected chi connectivity index (χ2v) is 14.5. The number of nitrogens with zero attached hydrogens (tertiary/aromatic N) is 2. The fourth-order valence-corrected chi connectivity index (χ4v) is 9.41. The van der Waals surface area contributed by atoms with Gasteiger partial charge >= 0.3 is 0 Å². The Kier molecular flexibility index (Phi) is 6.09. The van der Waals surface area contributed by atoms with Crippen LogP contribution in [0.1, 0.15) is 0 Å². The van der Waals surface area contributed by atoms with Gasteiger partial charge in [-0.25, -0.2) is 0 Å². The lowest BCUT2D eigenvalue weighted by Gasteiger charge is -2.28. The van der Waals surface area contributed by atoms with Gasteiger partial charge in [0, 0.05) is 33.6 Å². The molecule has 0 saturated carbocycles. The molecule has 0 amide bonds. The zero-order valence-electron chi connectivity index (χ0n) is 29.4. The van der Waals surface area contributed by atoms with Gasteiger partial charge in [0.15, 0.2) is 0 Å². The van der Waals surface area contributed by atoms with Crippen molar-refractivity contribution in [1.82, 2.24) is 0 Å². The third kappa shape index (κ3) is 4.05. The maximum Gasteiger partial charge on any atom is 0.0540 e. The highest BCUT2D eigenvalue weighted by Crippen LogP contribution is 2.56. The van der Waals surface area contributed by atoms with Gasteiger partial charge in [-0.3, -0.25) is 0 Å². The number of hydrogen-bond donors (Lipinski definition) is 0. The topological polar surface area (TPSA) is 6.48 Å². The molecule has 9 aromatic rings. The lowest BCUT2D eigenvalue weighted by molar-refractivity contribution is 1.29. The first-order chi connectivity index (χ1) is 26.8. The molecule has 0 saturated heterocycles. The quantitative estimate of drug-likeness (QED) is 0.179. The van der Waals surface area contributed by atoms with Gasteiger partial charge in [-0.2, -0.15) is 0 Å². The summed E-state index contributed by atoms with van der Waals surface area (Å²) in [5.74, 6) is 0. The molecule has 0 bridgehead atoms. The lowest BCUT2D eigenvalue weighted by atomic mass is 9.95. The highest BCUT2D eigenvalue weighted by molar-refractivity contribution is 6.18. The molecule has 1 aliphatic carbocycles. The van der Waals surface area contributed by atoms with E-state index in [1.165, 1.54) is 100 Å². The fraction of sp³-hybridized carbons (Fsp3) is 0. The van der Waals surface area contributed by atoms with Crippen LogP contribution in [0, 0.1) is 0 Å². The van der Waals surface area contributed by atoms with Crippen molar-refractivity contribution in [2.24, 2.45) is 0 Å². The van der Waals surface area contributed by atoms with Crippen LogP contribution in [0.4, 0.5) is 34.1 Å². The molecule has 9 aromatic carbocycles. The van der Waals surface area contributed by atoms with Crippen LogP contribution in [0.25, 0.3) is 77.5 Å². The summed E-state index contributed by atoms with van der Waals surface area (Å²) < 4.78 is 0. The highest BCUT2D eigenvalue weighted by atomic mass is 15.2. The molecule has 0 aromatic heterocycles. The van der Waals surface area contributed by atoms with Crippen molar-refractivity contribution in [3.05, 3.63) is 194 Å². The smallest absolute Gasteiger partial charge is 0.0540 e. The minimum absolute atomic E-state index is 1.15. The molecule has 54 heavy (non-hydrogen) atoms. The molecule has 12 rings (SSSR count). The number of para-hydroxylation sites is 4. The summed E-state index contributed by atoms with van der Waals surface area (Å²) in [4.78, 5) is 4.95. The molecule has 3 aliphatic rings. The summed E-state index contributed by atoms with van der Waals surface area (Å²) >= 11 is 0. The minimum atomic E-state index is 1.15. The number of anilines is 6. The maximum absolute atomic E-state index is 2.48. The van der Waals surface area contributed by atoms with Crippen LogP contribution in [0.2, 0.25) is 0 Å². The van der Waals surface area contributed by atoms with Crippen LogP contribution in [-0.2, 0) is 0 Å². The molecule has 0 radical (unpaired) electrons. The predicted octanol–water partition coefficient (Wildman–Crippen LogP) is 14.7. The third-order valence-corrected chi connectivity index (χ3v) is 11.7. The van der Waals surface area contributed by atoms with Gasteiger partial charge < -0.3 is 9.80 Å². The molecule has 0 unspecified atom stereocenters. The lowest BCUT2D eigenvalue weighted by Crippen LogP contribution is -2.11. The summed E-state index contributed by atoms with van der Waals surface area (Å²) in [5.41, 5.74) is 22.1. The summed E-state index contributed by atoms with van der Waals surface area (Å²) in [6, 6.07) is 71.7. The van der Waals surface area contributed by atoms with Gasteiger partial charge in [-0.15, -0.1) is 0 Å². The SMILES string of the molecule is c1ccc2c(c1)-c1ccccc1N(c1ccc3c(c1)-c1cc(N4c5ccccc5-c5ccccc5-c5ccccc54)cc4cccc-3c14)c1ccccc1-2. The number of benzene rings is 9. The van der Waals surface area contributed by atoms with Crippen molar-refractivity contribution >= 4 is 44.9 Å². The Morgan fingerprint density at radius 1 is 0.222 bits per heavy atom. The standard InChI is InChI=1S/C52H32N2/c1-2-16-37-36(15-1)41-19-5-9-24-48(41)53(49-25-10-6-20-42(37)49)34-28-29-40-45-23-13-14-33-30-35(32-47(52(33)45)46(40)31-34)54-50-26-11-7-21-43(50)38-17-3-4-18-39(38)44-22-8-12-27-51(44)54/h1-32H. The molecular formula is C52H32N2. The normalized spacial score (nSPS) is 12.7. The van der Waals surface area contributed by atoms with Gasteiger partial charge in [0.2, 0.25) is 0 Å². The Balaban J connectivity index is 1.10. The van der Waals surface area contributed by atoms with E-state index in [2.05, 4.69) is 204 Å². The molecule has 0 atom stereocenters. The molecule has 0 fully saturated rings. The molecule has 2 aliphatic heterocycles. The second kappa shape index (κ2) is 11.2. The van der Waals surface area contributed by atoms with Crippen molar-refractivity contribution in [3.8, 4) is 66.8 Å². The monoisotopic (exact) mass is 684 g/mol. The zero-order chi connectivity index (χ0) is 35.3. The molecule has 0 spiro atoms. The summed E-state index contributed by atoms with van der Waals surface area (Å²) in [6.07, 6.45) is 0. The molecular weight excluding hydrogens is 653 g/mol. The first-order valence-corrected chi connectivity index (χ1v) is 18.7. The third-order valence-electron chi connectivity index (χ3n) is 11.7. The van der Waals surface area contributed by atoms with E-state index in [0.29, 0.717) is 0 Å². The van der Waals surface area contributed by atoms with E-state index in [4.69, 9.17) is 0 Å². The van der Waals surface area contributed by atoms with Crippen LogP contribution in [0.15, 0.2) is 194 Å². The van der Waals surface area contributed by atoms with Crippen molar-refractivity contribution in [1.29, 1.82) is 0 Å². The van der Waals surface area contributed by atoms with E-state index in [9.17, 15) is 0 Å². The molecule has 2 nitrogen and oxygen atoms in total. The van der Waals surface area contributed by atoms with Crippen LogP contribution in [0.3, 0.4) is 0 Å². The average Bonchev–Trinajstić information content (AvgIpc) is 3.40. The van der Waals surface area contributed by atoms with Crippen molar-refractivity contribution < 1.29 is 0 Å². The number of rotatable bonds is 2. The average molecular weight is 685 g/mol. The van der Waals surface area contributed by atoms with Gasteiger partial charge in [0.25, 0.3) is 0 Å². The van der Waals surface area contributed by atoms with E-state index >= 15 is 0 Å². The van der Waals surface area contributed by atoms with Crippen molar-refractivity contribution in [2.75, 3.05) is 9.80 Å². The highest BCUT2D eigenvalue weighted by Gasteiger charge is 2.31. The summed E-state index contributed by atoms with van der Waals surface area (Å²) in [5, 5.41) is 2.56. The van der Waals surface area contributed by atoms with E-state index < -0.39 is 0 Å². The van der Waals surface area contributed by atoms with Crippen LogP contribution in [-0.4, -0.2) is 0 Å². The maximum atomic E-state index is 2.48. The molecule has 0 N–H and O–H groups in total. The molecule has 250 valence electrons. The number of fused-ring (bicyclic) bond motifs is 13. The van der Waals surface area contributed by atoms with E-state index in [1.807, 2.05) is 0 Å². The Hall–Kier alpha value is -7.16. The van der Waals surface area contributed by atoms with E-state index in [-0.39, 0.29) is 0 Å². The number of hydrogen-bond acceptors (Lipinski definition) is 2. The fourth-order valence-electron chi connectivity index (χ4n) is 9.41. The summed E-state index contributed by atoms with van der Waals surface area (Å²) in [6.45, 7) is 0. The van der Waals surface area contributed by atoms with Gasteiger partial charge in [0.1, 0.15) is 0 Å². The van der Waals surface area contributed by atoms with Crippen LogP contribution >= 0.6 is 0 Å². The summed E-state index contributed by atoms with van der Waals surface area (Å²) in [7, 11) is 0. The van der Waals surface area contributed by atoms with Crippen LogP contribution in [0.5, 0.6) is 0 Å². The molecule has 2 heterocycles. The first kappa shape index (κ1) is 29.4. The predicted molar refractivity (Wildman–Crippen MR) is 227 cm³/mol. The van der Waals surface area contributed by atoms with Crippen molar-refractivity contribution in [3.63, 3.8) is 0 Å². The Labute approximate surface area is 314 Å².